The molecule has 1 heterocycles. The Hall–Kier alpha value is -1.49. The molecule has 0 amide bonds. The number of aromatic nitrogens is 1. The number of rotatable bonds is 2. The Bertz CT molecular complexity index is 528. The lowest BCUT2D eigenvalue weighted by atomic mass is 10.1. The molecule has 1 atom stereocenters. The second-order valence-electron chi connectivity index (χ2n) is 4.11. The van der Waals surface area contributed by atoms with Crippen LogP contribution in [-0.4, -0.2) is 16.2 Å². The number of aliphatic hydroxyl groups excluding tert-OH is 1. The summed E-state index contributed by atoms with van der Waals surface area (Å²) in [7, 11) is 0. The minimum atomic E-state index is -4.36. The topological polar surface area (TPSA) is 36.0 Å². The molecule has 2 rings (SSSR count). The minimum absolute atomic E-state index is 0.149. The van der Waals surface area contributed by atoms with Gasteiger partial charge in [-0.1, -0.05) is 6.07 Å². The number of halogens is 3. The van der Waals surface area contributed by atoms with E-state index in [-0.39, 0.29) is 5.39 Å². The van der Waals surface area contributed by atoms with E-state index in [1.807, 2.05) is 0 Å². The number of hydrogen-bond donors (Lipinski definition) is 2. The molecule has 0 saturated heterocycles. The van der Waals surface area contributed by atoms with Crippen LogP contribution < -0.4 is 0 Å². The second-order valence-corrected chi connectivity index (χ2v) is 4.11. The van der Waals surface area contributed by atoms with Crippen LogP contribution in [0.2, 0.25) is 0 Å². The van der Waals surface area contributed by atoms with Crippen molar-refractivity contribution in [3.05, 3.63) is 35.5 Å². The second kappa shape index (κ2) is 4.07. The molecule has 1 aromatic carbocycles. The van der Waals surface area contributed by atoms with Crippen molar-refractivity contribution in [1.82, 2.24) is 4.98 Å². The van der Waals surface area contributed by atoms with Crippen LogP contribution in [-0.2, 0) is 12.6 Å². The summed E-state index contributed by atoms with van der Waals surface area (Å²) in [5.74, 6) is 0. The van der Waals surface area contributed by atoms with E-state index in [4.69, 9.17) is 0 Å². The van der Waals surface area contributed by atoms with Gasteiger partial charge in [-0.15, -0.1) is 0 Å². The quantitative estimate of drug-likeness (QED) is 0.835. The molecule has 92 valence electrons. The molecule has 0 aliphatic rings. The Balaban J connectivity index is 2.53. The maximum absolute atomic E-state index is 12.7. The summed E-state index contributed by atoms with van der Waals surface area (Å²) < 4.78 is 38.2. The van der Waals surface area contributed by atoms with Crippen molar-refractivity contribution in [3.8, 4) is 0 Å². The maximum Gasteiger partial charge on any atom is 0.417 e. The standard InChI is InChI=1S/C12H12F3NO/c1-7(17)5-8-6-9-10(12(13,14)15)3-2-4-11(9)16-8/h2-4,6-7,16-17H,5H2,1H3. The molecule has 0 bridgehead atoms. The Morgan fingerprint density at radius 1 is 1.35 bits per heavy atom. The Morgan fingerprint density at radius 2 is 2.06 bits per heavy atom. The third-order valence-corrected chi connectivity index (χ3v) is 2.54. The molecule has 2 nitrogen and oxygen atoms in total. The molecule has 0 radical (unpaired) electrons. The summed E-state index contributed by atoms with van der Waals surface area (Å²) in [6.07, 6.45) is -4.63. The number of hydrogen-bond acceptors (Lipinski definition) is 1. The van der Waals surface area contributed by atoms with E-state index >= 15 is 0 Å². The first-order chi connectivity index (χ1) is 7.88. The largest absolute Gasteiger partial charge is 0.417 e. The van der Waals surface area contributed by atoms with Gasteiger partial charge in [0.15, 0.2) is 0 Å². The van der Waals surface area contributed by atoms with E-state index in [1.54, 1.807) is 13.0 Å². The van der Waals surface area contributed by atoms with Crippen molar-refractivity contribution in [2.24, 2.45) is 0 Å². The number of aliphatic hydroxyl groups is 1. The number of aromatic amines is 1. The third kappa shape index (κ3) is 2.44. The van der Waals surface area contributed by atoms with E-state index in [0.29, 0.717) is 17.6 Å². The van der Waals surface area contributed by atoms with Gasteiger partial charge in [0.2, 0.25) is 0 Å². The number of fused-ring (bicyclic) bond motifs is 1. The van der Waals surface area contributed by atoms with Gasteiger partial charge >= 0.3 is 6.18 Å². The zero-order valence-corrected chi connectivity index (χ0v) is 9.17. The summed E-state index contributed by atoms with van der Waals surface area (Å²) in [5.41, 5.74) is 0.394. The highest BCUT2D eigenvalue weighted by Gasteiger charge is 2.32. The van der Waals surface area contributed by atoms with Crippen molar-refractivity contribution >= 4 is 10.9 Å². The summed E-state index contributed by atoms with van der Waals surface area (Å²) in [6.45, 7) is 1.59. The fraction of sp³-hybridized carbons (Fsp3) is 0.333. The lowest BCUT2D eigenvalue weighted by Crippen LogP contribution is -2.05. The average molecular weight is 243 g/mol. The van der Waals surface area contributed by atoms with Crippen molar-refractivity contribution < 1.29 is 18.3 Å². The molecule has 0 saturated carbocycles. The van der Waals surface area contributed by atoms with Crippen LogP contribution in [0, 0.1) is 0 Å². The van der Waals surface area contributed by atoms with Gasteiger partial charge in [-0.3, -0.25) is 0 Å². The van der Waals surface area contributed by atoms with E-state index in [0.717, 1.165) is 6.07 Å². The summed E-state index contributed by atoms with van der Waals surface area (Å²) in [5, 5.41) is 9.37. The van der Waals surface area contributed by atoms with Crippen molar-refractivity contribution in [2.45, 2.75) is 25.6 Å². The van der Waals surface area contributed by atoms with Crippen molar-refractivity contribution in [3.63, 3.8) is 0 Å². The van der Waals surface area contributed by atoms with Crippen LogP contribution in [0.4, 0.5) is 13.2 Å². The SMILES string of the molecule is CC(O)Cc1cc2c(C(F)(F)F)cccc2[nH]1. The highest BCUT2D eigenvalue weighted by molar-refractivity contribution is 5.84. The molecule has 17 heavy (non-hydrogen) atoms. The summed E-state index contributed by atoms with van der Waals surface area (Å²) in [6, 6.07) is 5.47. The average Bonchev–Trinajstić information content (AvgIpc) is 2.55. The molecule has 0 aliphatic heterocycles. The number of benzene rings is 1. The highest BCUT2D eigenvalue weighted by Crippen LogP contribution is 2.35. The van der Waals surface area contributed by atoms with Crippen LogP contribution in [0.15, 0.2) is 24.3 Å². The molecular weight excluding hydrogens is 231 g/mol. The van der Waals surface area contributed by atoms with Gasteiger partial charge in [-0.25, -0.2) is 0 Å². The Kier molecular flexibility index (Phi) is 2.87. The Labute approximate surface area is 96.1 Å². The normalized spacial score (nSPS) is 14.2. The van der Waals surface area contributed by atoms with Gasteiger partial charge in [-0.2, -0.15) is 13.2 Å². The number of H-pyrrole nitrogens is 1. The number of nitrogens with one attached hydrogen (secondary N) is 1. The van der Waals surface area contributed by atoms with Crippen LogP contribution in [0.3, 0.4) is 0 Å². The molecule has 2 aromatic rings. The van der Waals surface area contributed by atoms with E-state index < -0.39 is 17.8 Å². The van der Waals surface area contributed by atoms with Crippen molar-refractivity contribution in [1.29, 1.82) is 0 Å². The fourth-order valence-electron chi connectivity index (χ4n) is 1.89. The van der Waals surface area contributed by atoms with Gasteiger partial charge in [-0.05, 0) is 25.1 Å². The van der Waals surface area contributed by atoms with Crippen LogP contribution in [0.5, 0.6) is 0 Å². The zero-order chi connectivity index (χ0) is 12.6. The smallest absolute Gasteiger partial charge is 0.393 e. The van der Waals surface area contributed by atoms with E-state index in [1.165, 1.54) is 12.1 Å². The maximum atomic E-state index is 12.7. The predicted octanol–water partition coefficient (Wildman–Crippen LogP) is 3.11. The van der Waals surface area contributed by atoms with Crippen LogP contribution in [0.25, 0.3) is 10.9 Å². The predicted molar refractivity (Wildman–Crippen MR) is 58.7 cm³/mol. The monoisotopic (exact) mass is 243 g/mol. The molecule has 1 aromatic heterocycles. The van der Waals surface area contributed by atoms with E-state index in [2.05, 4.69) is 4.98 Å². The highest BCUT2D eigenvalue weighted by atomic mass is 19.4. The first-order valence-electron chi connectivity index (χ1n) is 5.24. The van der Waals surface area contributed by atoms with Crippen LogP contribution in [0.1, 0.15) is 18.2 Å². The lowest BCUT2D eigenvalue weighted by Gasteiger charge is -2.06. The minimum Gasteiger partial charge on any atom is -0.393 e. The summed E-state index contributed by atoms with van der Waals surface area (Å²) >= 11 is 0. The molecule has 0 fully saturated rings. The Morgan fingerprint density at radius 3 is 2.65 bits per heavy atom. The molecular formula is C12H12F3NO. The molecule has 0 aliphatic carbocycles. The van der Waals surface area contributed by atoms with Gasteiger partial charge < -0.3 is 10.1 Å². The number of alkyl halides is 3. The van der Waals surface area contributed by atoms with Crippen molar-refractivity contribution in [2.75, 3.05) is 0 Å². The zero-order valence-electron chi connectivity index (χ0n) is 9.17. The molecule has 2 N–H and O–H groups in total. The van der Waals surface area contributed by atoms with Gasteiger partial charge in [0.05, 0.1) is 11.7 Å². The fourth-order valence-corrected chi connectivity index (χ4v) is 1.89. The first-order valence-corrected chi connectivity index (χ1v) is 5.24. The van der Waals surface area contributed by atoms with Crippen LogP contribution >= 0.6 is 0 Å². The third-order valence-electron chi connectivity index (χ3n) is 2.54. The van der Waals surface area contributed by atoms with Gasteiger partial charge in [0, 0.05) is 23.0 Å². The molecule has 5 heteroatoms. The van der Waals surface area contributed by atoms with Gasteiger partial charge in [0.25, 0.3) is 0 Å². The van der Waals surface area contributed by atoms with E-state index in [9.17, 15) is 18.3 Å². The molecule has 1 unspecified atom stereocenters. The van der Waals surface area contributed by atoms with Gasteiger partial charge in [0.1, 0.15) is 0 Å². The molecule has 0 spiro atoms. The summed E-state index contributed by atoms with van der Waals surface area (Å²) in [4.78, 5) is 2.88. The lowest BCUT2D eigenvalue weighted by molar-refractivity contribution is -0.136. The first kappa shape index (κ1) is 12.0.